The SMILES string of the molecule is COc1ncc(-c2ccnc(N(C(=O)OCC(F)F)C3CCC(Nc4ncc(C(F)(F)F)c(-c5nn(C)cc5Cl)n4)CC3)c2)cn1. The number of nitrogens with one attached hydrogen (secondary N) is 1. The van der Waals surface area contributed by atoms with Crippen molar-refractivity contribution in [2.24, 2.45) is 7.05 Å². The van der Waals surface area contributed by atoms with Gasteiger partial charge in [0.2, 0.25) is 5.95 Å². The first-order valence-electron chi connectivity index (χ1n) is 13.9. The van der Waals surface area contributed by atoms with Gasteiger partial charge in [-0.15, -0.1) is 0 Å². The van der Waals surface area contributed by atoms with Crippen molar-refractivity contribution in [3.8, 4) is 28.5 Å². The van der Waals surface area contributed by atoms with Gasteiger partial charge in [-0.25, -0.2) is 38.5 Å². The van der Waals surface area contributed by atoms with Gasteiger partial charge in [-0.1, -0.05) is 11.6 Å². The van der Waals surface area contributed by atoms with E-state index in [1.807, 2.05) is 0 Å². The molecule has 1 fully saturated rings. The molecule has 0 spiro atoms. The molecule has 0 radical (unpaired) electrons. The van der Waals surface area contributed by atoms with Crippen molar-refractivity contribution < 1.29 is 36.2 Å². The highest BCUT2D eigenvalue weighted by molar-refractivity contribution is 6.32. The molecule has 4 heterocycles. The standard InChI is InChI=1S/C28H27ClF5N9O3/c1-42-13-20(29)24(41-42)23-19(28(32,33)34)12-36-25(40-23)39-17-3-5-18(6-4-17)43(27(44)46-14-21(30)31)22-9-15(7-8-35-22)16-10-37-26(45-2)38-11-16/h7-13,17-18,21H,3-6,14H2,1-2H3,(H,36,39,40). The molecule has 5 rings (SSSR count). The van der Waals surface area contributed by atoms with Crippen LogP contribution in [0.3, 0.4) is 0 Å². The second-order valence-electron chi connectivity index (χ2n) is 10.3. The summed E-state index contributed by atoms with van der Waals surface area (Å²) in [5, 5.41) is 7.09. The summed E-state index contributed by atoms with van der Waals surface area (Å²) in [5.41, 5.74) is -0.486. The zero-order valence-corrected chi connectivity index (χ0v) is 25.1. The van der Waals surface area contributed by atoms with Crippen LogP contribution >= 0.6 is 11.6 Å². The van der Waals surface area contributed by atoms with Gasteiger partial charge in [0.05, 0.1) is 12.1 Å². The van der Waals surface area contributed by atoms with E-state index < -0.39 is 42.6 Å². The van der Waals surface area contributed by atoms with Crippen LogP contribution in [0.1, 0.15) is 31.2 Å². The maximum absolute atomic E-state index is 13.8. The number of aryl methyl sites for hydroxylation is 1. The van der Waals surface area contributed by atoms with Crippen LogP contribution in [-0.4, -0.2) is 73.0 Å². The number of hydrogen-bond donors (Lipinski definition) is 1. The number of pyridine rings is 1. The van der Waals surface area contributed by atoms with E-state index in [9.17, 15) is 26.7 Å². The third kappa shape index (κ3) is 7.58. The average molecular weight is 668 g/mol. The second kappa shape index (κ2) is 13.8. The molecule has 244 valence electrons. The van der Waals surface area contributed by atoms with Gasteiger partial charge >= 0.3 is 18.3 Å². The Labute approximate surface area is 264 Å². The Morgan fingerprint density at radius 1 is 1.09 bits per heavy atom. The number of carbonyl (C=O) groups is 1. The smallest absolute Gasteiger partial charge is 0.420 e. The van der Waals surface area contributed by atoms with Crippen LogP contribution in [0.2, 0.25) is 5.02 Å². The molecule has 0 unspecified atom stereocenters. The topological polar surface area (TPSA) is 133 Å². The molecule has 0 atom stereocenters. The second-order valence-corrected chi connectivity index (χ2v) is 10.7. The Morgan fingerprint density at radius 2 is 1.80 bits per heavy atom. The van der Waals surface area contributed by atoms with E-state index in [0.29, 0.717) is 43.0 Å². The minimum absolute atomic E-state index is 0.00540. The van der Waals surface area contributed by atoms with E-state index in [2.05, 4.69) is 35.3 Å². The Hall–Kier alpha value is -4.67. The van der Waals surface area contributed by atoms with Crippen molar-refractivity contribution >= 4 is 29.5 Å². The Bertz CT molecular complexity index is 1670. The average Bonchev–Trinajstić information content (AvgIpc) is 3.38. The van der Waals surface area contributed by atoms with Crippen LogP contribution in [-0.2, 0) is 18.0 Å². The van der Waals surface area contributed by atoms with Gasteiger partial charge in [-0.05, 0) is 43.4 Å². The van der Waals surface area contributed by atoms with Crippen molar-refractivity contribution in [2.75, 3.05) is 23.9 Å². The summed E-state index contributed by atoms with van der Waals surface area (Å²) >= 11 is 6.13. The van der Waals surface area contributed by atoms with Crippen molar-refractivity contribution in [1.82, 2.24) is 34.7 Å². The number of carbonyl (C=O) groups excluding carboxylic acids is 1. The maximum atomic E-state index is 13.8. The predicted molar refractivity (Wildman–Crippen MR) is 156 cm³/mol. The molecule has 1 aliphatic carbocycles. The maximum Gasteiger partial charge on any atom is 0.420 e. The summed E-state index contributed by atoms with van der Waals surface area (Å²) in [7, 11) is 2.95. The molecule has 4 aromatic rings. The first kappa shape index (κ1) is 32.7. The van der Waals surface area contributed by atoms with Crippen molar-refractivity contribution in [1.29, 1.82) is 0 Å². The molecule has 1 N–H and O–H groups in total. The van der Waals surface area contributed by atoms with E-state index in [1.165, 1.54) is 48.5 Å². The number of ether oxygens (including phenoxy) is 2. The molecule has 1 aliphatic rings. The van der Waals surface area contributed by atoms with Crippen LogP contribution < -0.4 is 15.0 Å². The van der Waals surface area contributed by atoms with Crippen molar-refractivity contribution in [3.05, 3.63) is 53.7 Å². The molecule has 0 saturated heterocycles. The lowest BCUT2D eigenvalue weighted by atomic mass is 9.90. The molecule has 46 heavy (non-hydrogen) atoms. The lowest BCUT2D eigenvalue weighted by Gasteiger charge is -2.36. The molecule has 0 aromatic carbocycles. The monoisotopic (exact) mass is 667 g/mol. The fourth-order valence-electron chi connectivity index (χ4n) is 5.05. The number of anilines is 2. The summed E-state index contributed by atoms with van der Waals surface area (Å²) in [4.78, 5) is 34.8. The first-order valence-corrected chi connectivity index (χ1v) is 14.3. The van der Waals surface area contributed by atoms with Crippen LogP contribution in [0.25, 0.3) is 22.5 Å². The first-order chi connectivity index (χ1) is 21.9. The van der Waals surface area contributed by atoms with Crippen LogP contribution in [0, 0.1) is 0 Å². The van der Waals surface area contributed by atoms with Crippen molar-refractivity contribution in [3.63, 3.8) is 0 Å². The molecule has 4 aromatic heterocycles. The van der Waals surface area contributed by atoms with E-state index in [-0.39, 0.29) is 34.5 Å². The number of halogens is 6. The number of nitrogens with zero attached hydrogens (tertiary/aromatic N) is 8. The van der Waals surface area contributed by atoms with E-state index >= 15 is 0 Å². The van der Waals surface area contributed by atoms with E-state index in [4.69, 9.17) is 21.1 Å². The van der Waals surface area contributed by atoms with Crippen LogP contribution in [0.15, 0.2) is 43.1 Å². The summed E-state index contributed by atoms with van der Waals surface area (Å²) in [6, 6.07) is 2.66. The Balaban J connectivity index is 1.34. The summed E-state index contributed by atoms with van der Waals surface area (Å²) in [6.45, 7) is -1.09. The van der Waals surface area contributed by atoms with Gasteiger partial charge in [-0.2, -0.15) is 18.3 Å². The number of hydrogen-bond acceptors (Lipinski definition) is 10. The molecule has 1 saturated carbocycles. The van der Waals surface area contributed by atoms with Gasteiger partial charge in [-0.3, -0.25) is 9.58 Å². The molecular formula is C28H27ClF5N9O3. The quantitative estimate of drug-likeness (QED) is 0.211. The fraction of sp³-hybridized carbons (Fsp3) is 0.393. The third-order valence-electron chi connectivity index (χ3n) is 7.16. The van der Waals surface area contributed by atoms with Gasteiger partial charge in [0, 0.05) is 55.7 Å². The van der Waals surface area contributed by atoms with Crippen molar-refractivity contribution in [2.45, 2.75) is 50.4 Å². The predicted octanol–water partition coefficient (Wildman–Crippen LogP) is 6.04. The number of amides is 1. The van der Waals surface area contributed by atoms with Gasteiger partial charge in [0.25, 0.3) is 6.43 Å². The zero-order chi connectivity index (χ0) is 33.0. The molecular weight excluding hydrogens is 641 g/mol. The van der Waals surface area contributed by atoms with E-state index in [1.54, 1.807) is 12.1 Å². The lowest BCUT2D eigenvalue weighted by molar-refractivity contribution is -0.137. The van der Waals surface area contributed by atoms with Crippen LogP contribution in [0.5, 0.6) is 6.01 Å². The number of alkyl halides is 5. The minimum atomic E-state index is -4.75. The van der Waals surface area contributed by atoms with E-state index in [0.717, 1.165) is 0 Å². The molecule has 1 amide bonds. The van der Waals surface area contributed by atoms with Gasteiger partial charge in [0.15, 0.2) is 6.61 Å². The molecule has 0 bridgehead atoms. The van der Waals surface area contributed by atoms with Crippen LogP contribution in [0.4, 0.5) is 38.5 Å². The zero-order valence-electron chi connectivity index (χ0n) is 24.4. The molecule has 18 heteroatoms. The highest BCUT2D eigenvalue weighted by atomic mass is 35.5. The number of rotatable bonds is 9. The van der Waals surface area contributed by atoms with Gasteiger partial charge in [0.1, 0.15) is 22.8 Å². The molecule has 0 aliphatic heterocycles. The normalized spacial score (nSPS) is 16.7. The number of aromatic nitrogens is 7. The largest absolute Gasteiger partial charge is 0.467 e. The Morgan fingerprint density at radius 3 is 2.41 bits per heavy atom. The lowest BCUT2D eigenvalue weighted by Crippen LogP contribution is -2.45. The molecule has 12 nitrogen and oxygen atoms in total. The highest BCUT2D eigenvalue weighted by Crippen LogP contribution is 2.38. The highest BCUT2D eigenvalue weighted by Gasteiger charge is 2.37. The summed E-state index contributed by atoms with van der Waals surface area (Å²) in [6.07, 6.45) is -0.448. The Kier molecular flexibility index (Phi) is 9.79. The van der Waals surface area contributed by atoms with Gasteiger partial charge < -0.3 is 14.8 Å². The summed E-state index contributed by atoms with van der Waals surface area (Å²) < 4.78 is 78.3. The fourth-order valence-corrected chi connectivity index (χ4v) is 5.32. The third-order valence-corrected chi connectivity index (χ3v) is 7.44. The summed E-state index contributed by atoms with van der Waals surface area (Å²) in [5.74, 6) is 0.115. The number of methoxy groups -OCH3 is 1. The minimum Gasteiger partial charge on any atom is -0.467 e.